The lowest BCUT2D eigenvalue weighted by atomic mass is 9.75. The fourth-order valence-corrected chi connectivity index (χ4v) is 1.26. The Balaban J connectivity index is 5.25. The molecule has 2 heteroatoms. The maximum atomic E-state index is 8.20. The molecular weight excluding hydrogens is 184 g/mol. The molecule has 0 aromatic carbocycles. The number of allylic oxidation sites excluding steroid dienone is 2. The second kappa shape index (κ2) is 4.73. The van der Waals surface area contributed by atoms with Crippen LogP contribution >= 0.6 is 0 Å². The lowest BCUT2D eigenvalue weighted by molar-refractivity contribution is 0.500. The summed E-state index contributed by atoms with van der Waals surface area (Å²) in [7, 11) is 1.75. The van der Waals surface area contributed by atoms with Gasteiger partial charge < -0.3 is 5.41 Å². The van der Waals surface area contributed by atoms with Gasteiger partial charge in [-0.3, -0.25) is 4.99 Å². The molecular formula is C13H24N2. The molecule has 2 nitrogen and oxygen atoms in total. The minimum absolute atomic E-state index is 0.00838. The highest BCUT2D eigenvalue weighted by Gasteiger charge is 2.27. The van der Waals surface area contributed by atoms with Gasteiger partial charge in [-0.15, -0.1) is 0 Å². The predicted molar refractivity (Wildman–Crippen MR) is 69.1 cm³/mol. The van der Waals surface area contributed by atoms with Crippen molar-refractivity contribution in [2.24, 2.45) is 15.8 Å². The molecule has 0 saturated heterocycles. The fraction of sp³-hybridized carbons (Fsp3) is 0.692. The molecule has 0 bridgehead atoms. The van der Waals surface area contributed by atoms with E-state index in [2.05, 4.69) is 46.5 Å². The van der Waals surface area contributed by atoms with Gasteiger partial charge >= 0.3 is 0 Å². The first-order valence-electron chi connectivity index (χ1n) is 5.33. The van der Waals surface area contributed by atoms with Gasteiger partial charge in [-0.05, 0) is 17.1 Å². The summed E-state index contributed by atoms with van der Waals surface area (Å²) >= 11 is 0. The molecule has 0 aliphatic heterocycles. The average Bonchev–Trinajstić information content (AvgIpc) is 2.00. The molecule has 0 atom stereocenters. The van der Waals surface area contributed by atoms with Gasteiger partial charge in [0.25, 0.3) is 0 Å². The minimum Gasteiger partial charge on any atom is -0.304 e. The van der Waals surface area contributed by atoms with Crippen LogP contribution < -0.4 is 0 Å². The van der Waals surface area contributed by atoms with Crippen LogP contribution in [0, 0.1) is 16.2 Å². The topological polar surface area (TPSA) is 36.2 Å². The average molecular weight is 208 g/mol. The molecule has 86 valence electrons. The third-order valence-corrected chi connectivity index (χ3v) is 2.22. The molecule has 0 unspecified atom stereocenters. The van der Waals surface area contributed by atoms with E-state index in [1.54, 1.807) is 13.3 Å². The van der Waals surface area contributed by atoms with Gasteiger partial charge in [0.1, 0.15) is 0 Å². The van der Waals surface area contributed by atoms with Crippen molar-refractivity contribution in [3.8, 4) is 0 Å². The third kappa shape index (κ3) is 4.41. The zero-order valence-electron chi connectivity index (χ0n) is 11.1. The first kappa shape index (κ1) is 14.1. The van der Waals surface area contributed by atoms with Gasteiger partial charge in [0, 0.05) is 24.4 Å². The van der Waals surface area contributed by atoms with Gasteiger partial charge in [0.15, 0.2) is 0 Å². The molecule has 0 spiro atoms. The lowest BCUT2D eigenvalue weighted by Gasteiger charge is -2.30. The van der Waals surface area contributed by atoms with Crippen LogP contribution in [-0.2, 0) is 0 Å². The Morgan fingerprint density at radius 1 is 1.00 bits per heavy atom. The first-order valence-corrected chi connectivity index (χ1v) is 5.33. The second-order valence-electron chi connectivity index (χ2n) is 5.86. The summed E-state index contributed by atoms with van der Waals surface area (Å²) in [4.78, 5) is 3.96. The Kier molecular flexibility index (Phi) is 4.44. The predicted octanol–water partition coefficient (Wildman–Crippen LogP) is 3.73. The Labute approximate surface area is 94.0 Å². The quantitative estimate of drug-likeness (QED) is 0.671. The van der Waals surface area contributed by atoms with Crippen molar-refractivity contribution in [3.63, 3.8) is 0 Å². The monoisotopic (exact) mass is 208 g/mol. The minimum atomic E-state index is -0.110. The Morgan fingerprint density at radius 3 is 1.73 bits per heavy atom. The summed E-state index contributed by atoms with van der Waals surface area (Å²) in [5, 5.41) is 8.20. The van der Waals surface area contributed by atoms with Gasteiger partial charge in [-0.25, -0.2) is 0 Å². The highest BCUT2D eigenvalue weighted by molar-refractivity contribution is 6.04. The van der Waals surface area contributed by atoms with E-state index in [1.165, 1.54) is 0 Å². The Hall–Kier alpha value is -0.920. The van der Waals surface area contributed by atoms with Crippen LogP contribution in [0.3, 0.4) is 0 Å². The van der Waals surface area contributed by atoms with E-state index in [0.717, 1.165) is 5.57 Å². The summed E-state index contributed by atoms with van der Waals surface area (Å²) < 4.78 is 0. The maximum absolute atomic E-state index is 8.20. The molecule has 0 aliphatic rings. The highest BCUT2D eigenvalue weighted by atomic mass is 14.6. The zero-order chi connectivity index (χ0) is 12.3. The molecule has 0 aromatic rings. The van der Waals surface area contributed by atoms with E-state index in [0.29, 0.717) is 5.71 Å². The van der Waals surface area contributed by atoms with Crippen LogP contribution in [0.1, 0.15) is 41.5 Å². The highest BCUT2D eigenvalue weighted by Crippen LogP contribution is 2.32. The van der Waals surface area contributed by atoms with E-state index >= 15 is 0 Å². The van der Waals surface area contributed by atoms with Crippen molar-refractivity contribution in [1.29, 1.82) is 5.41 Å². The molecule has 0 aliphatic carbocycles. The third-order valence-electron chi connectivity index (χ3n) is 2.22. The van der Waals surface area contributed by atoms with E-state index in [4.69, 9.17) is 5.41 Å². The molecule has 15 heavy (non-hydrogen) atoms. The Bertz CT molecular complexity index is 283. The summed E-state index contributed by atoms with van der Waals surface area (Å²) in [5.74, 6) is 0. The molecule has 0 fully saturated rings. The number of aliphatic imine (C=N–C) groups is 1. The molecule has 0 heterocycles. The number of rotatable bonds is 2. The summed E-state index contributed by atoms with van der Waals surface area (Å²) in [6.45, 7) is 12.6. The number of nitrogens with one attached hydrogen (secondary N) is 1. The van der Waals surface area contributed by atoms with E-state index < -0.39 is 0 Å². The van der Waals surface area contributed by atoms with Crippen LogP contribution in [0.5, 0.6) is 0 Å². The SMILES string of the molecule is CN=C/C=C(\C(=N)C(C)(C)C)C(C)(C)C. The first-order chi connectivity index (χ1) is 6.60. The molecule has 1 N–H and O–H groups in total. The van der Waals surface area contributed by atoms with Crippen molar-refractivity contribution >= 4 is 11.9 Å². The molecule has 0 aromatic heterocycles. The standard InChI is InChI=1S/C13H24N2/c1-12(2,3)10(8-9-15-7)11(14)13(4,5)6/h8-9,14H,1-7H3/b10-8+,14-11?,15-9?. The van der Waals surface area contributed by atoms with Gasteiger partial charge in [-0.2, -0.15) is 0 Å². The van der Waals surface area contributed by atoms with Crippen LogP contribution in [0.2, 0.25) is 0 Å². The second-order valence-corrected chi connectivity index (χ2v) is 5.86. The summed E-state index contributed by atoms with van der Waals surface area (Å²) in [6.07, 6.45) is 3.72. The number of hydrogen-bond donors (Lipinski definition) is 1. The van der Waals surface area contributed by atoms with Crippen molar-refractivity contribution in [3.05, 3.63) is 11.6 Å². The van der Waals surface area contributed by atoms with Gasteiger partial charge in [0.2, 0.25) is 0 Å². The normalized spacial score (nSPS) is 14.7. The van der Waals surface area contributed by atoms with Crippen LogP contribution in [0.15, 0.2) is 16.6 Å². The molecule has 0 amide bonds. The van der Waals surface area contributed by atoms with Crippen molar-refractivity contribution in [2.75, 3.05) is 7.05 Å². The smallest absolute Gasteiger partial charge is 0.0405 e. The van der Waals surface area contributed by atoms with Crippen molar-refractivity contribution in [2.45, 2.75) is 41.5 Å². The van der Waals surface area contributed by atoms with Gasteiger partial charge in [0.05, 0.1) is 0 Å². The summed E-state index contributed by atoms with van der Waals surface area (Å²) in [6, 6.07) is 0. The molecule has 0 saturated carbocycles. The van der Waals surface area contributed by atoms with E-state index in [9.17, 15) is 0 Å². The molecule has 0 rings (SSSR count). The Morgan fingerprint density at radius 2 is 1.47 bits per heavy atom. The zero-order valence-corrected chi connectivity index (χ0v) is 11.1. The number of hydrogen-bond acceptors (Lipinski definition) is 2. The number of nitrogens with zero attached hydrogens (tertiary/aromatic N) is 1. The summed E-state index contributed by atoms with van der Waals surface area (Å²) in [5.41, 5.74) is 1.63. The van der Waals surface area contributed by atoms with Crippen LogP contribution in [0.4, 0.5) is 0 Å². The van der Waals surface area contributed by atoms with Crippen molar-refractivity contribution in [1.82, 2.24) is 0 Å². The van der Waals surface area contributed by atoms with Crippen LogP contribution in [0.25, 0.3) is 0 Å². The van der Waals surface area contributed by atoms with Gasteiger partial charge in [-0.1, -0.05) is 41.5 Å². The molecule has 0 radical (unpaired) electrons. The van der Waals surface area contributed by atoms with E-state index in [1.807, 2.05) is 6.08 Å². The largest absolute Gasteiger partial charge is 0.304 e. The van der Waals surface area contributed by atoms with Crippen LogP contribution in [-0.4, -0.2) is 19.0 Å². The fourth-order valence-electron chi connectivity index (χ4n) is 1.26. The van der Waals surface area contributed by atoms with Crippen molar-refractivity contribution < 1.29 is 0 Å². The lowest BCUT2D eigenvalue weighted by Crippen LogP contribution is -2.28. The van der Waals surface area contributed by atoms with E-state index in [-0.39, 0.29) is 10.8 Å². The maximum Gasteiger partial charge on any atom is 0.0405 e.